The number of aliphatic hydroxyl groups excluding tert-OH is 1. The summed E-state index contributed by atoms with van der Waals surface area (Å²) in [7, 11) is -3.69. The van der Waals surface area contributed by atoms with E-state index in [1.54, 1.807) is 18.3 Å². The Labute approximate surface area is 244 Å². The van der Waals surface area contributed by atoms with E-state index in [1.165, 1.54) is 6.07 Å². The first kappa shape index (κ1) is 28.2. The number of rotatable bonds is 6. The van der Waals surface area contributed by atoms with Gasteiger partial charge in [0, 0.05) is 30.2 Å². The van der Waals surface area contributed by atoms with E-state index in [2.05, 4.69) is 29.0 Å². The number of nitrogens with zero attached hydrogens (tertiary/aromatic N) is 4. The third-order valence-corrected chi connectivity index (χ3v) is 10.1. The lowest BCUT2D eigenvalue weighted by Crippen LogP contribution is -2.45. The van der Waals surface area contributed by atoms with Crippen molar-refractivity contribution in [2.45, 2.75) is 55.6 Å². The van der Waals surface area contributed by atoms with Crippen LogP contribution in [0.1, 0.15) is 41.9 Å². The van der Waals surface area contributed by atoms with E-state index in [0.717, 1.165) is 41.2 Å². The van der Waals surface area contributed by atoms with Gasteiger partial charge in [-0.3, -0.25) is 9.78 Å². The quantitative estimate of drug-likeness (QED) is 0.348. The molecule has 1 saturated heterocycles. The minimum atomic E-state index is -3.69. The average molecular weight is 588 g/mol. The highest BCUT2D eigenvalue weighted by atomic mass is 32.2. The number of fused-ring (bicyclic) bond motifs is 2. The highest BCUT2D eigenvalue weighted by molar-refractivity contribution is 7.92. The third kappa shape index (κ3) is 5.59. The largest absolute Gasteiger partial charge is 0.395 e. The van der Waals surface area contributed by atoms with Crippen molar-refractivity contribution in [3.8, 4) is 11.4 Å². The van der Waals surface area contributed by atoms with E-state index < -0.39 is 27.6 Å². The molecule has 1 amide bonds. The van der Waals surface area contributed by atoms with Crippen molar-refractivity contribution in [3.05, 3.63) is 77.6 Å². The lowest BCUT2D eigenvalue weighted by Gasteiger charge is -2.36. The van der Waals surface area contributed by atoms with Gasteiger partial charge in [0.15, 0.2) is 9.84 Å². The van der Waals surface area contributed by atoms with E-state index >= 15 is 0 Å². The molecule has 0 radical (unpaired) electrons. The van der Waals surface area contributed by atoms with Gasteiger partial charge in [0.1, 0.15) is 5.82 Å². The highest BCUT2D eigenvalue weighted by Crippen LogP contribution is 2.30. The van der Waals surface area contributed by atoms with Crippen LogP contribution in [0.3, 0.4) is 0 Å². The van der Waals surface area contributed by atoms with Crippen molar-refractivity contribution < 1.29 is 23.1 Å². The van der Waals surface area contributed by atoms with Gasteiger partial charge in [-0.05, 0) is 74.7 Å². The Bertz CT molecular complexity index is 1750. The normalized spacial score (nSPS) is 21.6. The smallest absolute Gasteiger partial charge is 0.251 e. The minimum Gasteiger partial charge on any atom is -0.395 e. The lowest BCUT2D eigenvalue weighted by atomic mass is 10.0. The van der Waals surface area contributed by atoms with Crippen molar-refractivity contribution in [1.29, 1.82) is 0 Å². The van der Waals surface area contributed by atoms with Crippen LogP contribution in [0, 0.1) is 0 Å². The third-order valence-electron chi connectivity index (χ3n) is 7.81. The zero-order valence-electron chi connectivity index (χ0n) is 23.5. The Kier molecular flexibility index (Phi) is 7.65. The van der Waals surface area contributed by atoms with Crippen LogP contribution < -0.4 is 10.2 Å². The van der Waals surface area contributed by atoms with Crippen molar-refractivity contribution in [2.24, 2.45) is 0 Å². The first-order chi connectivity index (χ1) is 20.2. The summed E-state index contributed by atoms with van der Waals surface area (Å²) < 4.78 is 31.6. The van der Waals surface area contributed by atoms with Crippen LogP contribution in [-0.2, 0) is 27.5 Å². The van der Waals surface area contributed by atoms with Crippen LogP contribution in [0.4, 0.5) is 5.82 Å². The van der Waals surface area contributed by atoms with Crippen molar-refractivity contribution in [2.75, 3.05) is 24.6 Å². The van der Waals surface area contributed by atoms with Crippen molar-refractivity contribution in [1.82, 2.24) is 20.3 Å². The van der Waals surface area contributed by atoms with Crippen LogP contribution in [0.2, 0.25) is 0 Å². The summed E-state index contributed by atoms with van der Waals surface area (Å²) >= 11 is 0. The Hall–Kier alpha value is -3.93. The fourth-order valence-electron chi connectivity index (χ4n) is 5.69. The standard InChI is InChI=1S/C31H33N5O5S/c1-19-16-36(17-20(2)41-19)30-5-3-4-26(35-30)27-11-9-23-14-32-24(13-28(23)34-27)15-33-31(38)22-7-6-21-8-10-25(18-37)42(39,40)29(21)12-22/h3-7,9,11-14,19-20,25,37H,8,10,15-18H2,1-2H3,(H,33,38)/t19-,20+,25-/m1/s1. The van der Waals surface area contributed by atoms with Gasteiger partial charge in [-0.15, -0.1) is 0 Å². The molecule has 2 aliphatic heterocycles. The van der Waals surface area contributed by atoms with Gasteiger partial charge >= 0.3 is 0 Å². The molecule has 11 heteroatoms. The number of hydrogen-bond donors (Lipinski definition) is 2. The Morgan fingerprint density at radius 1 is 1.05 bits per heavy atom. The Morgan fingerprint density at radius 2 is 1.83 bits per heavy atom. The molecule has 3 atom stereocenters. The monoisotopic (exact) mass is 587 g/mol. The number of carbonyl (C=O) groups is 1. The minimum absolute atomic E-state index is 0.122. The summed E-state index contributed by atoms with van der Waals surface area (Å²) in [5, 5.41) is 12.4. The molecule has 10 nitrogen and oxygen atoms in total. The van der Waals surface area contributed by atoms with Crippen LogP contribution in [0.5, 0.6) is 0 Å². The fourth-order valence-corrected chi connectivity index (χ4v) is 7.50. The molecular formula is C31H33N5O5S. The molecule has 0 saturated carbocycles. The van der Waals surface area contributed by atoms with E-state index in [1.807, 2.05) is 36.4 Å². The number of aryl methyl sites for hydroxylation is 1. The van der Waals surface area contributed by atoms with E-state index in [9.17, 15) is 18.3 Å². The molecule has 1 aromatic carbocycles. The van der Waals surface area contributed by atoms with Crippen LogP contribution in [-0.4, -0.2) is 71.5 Å². The number of ether oxygens (including phenoxy) is 1. The number of anilines is 1. The van der Waals surface area contributed by atoms with Gasteiger partial charge < -0.3 is 20.1 Å². The molecule has 2 aliphatic rings. The summed E-state index contributed by atoms with van der Waals surface area (Å²) in [6.45, 7) is 5.39. The number of aliphatic hydroxyl groups is 1. The lowest BCUT2D eigenvalue weighted by molar-refractivity contribution is -0.00545. The van der Waals surface area contributed by atoms with Crippen LogP contribution >= 0.6 is 0 Å². The second-order valence-corrected chi connectivity index (χ2v) is 13.2. The second-order valence-electron chi connectivity index (χ2n) is 11.0. The molecular weight excluding hydrogens is 554 g/mol. The molecule has 0 spiro atoms. The number of morpholine rings is 1. The number of hydrogen-bond acceptors (Lipinski definition) is 9. The van der Waals surface area contributed by atoms with Crippen LogP contribution in [0.15, 0.2) is 65.7 Å². The summed E-state index contributed by atoms with van der Waals surface area (Å²) in [5.41, 5.74) is 3.75. The highest BCUT2D eigenvalue weighted by Gasteiger charge is 2.33. The van der Waals surface area contributed by atoms with E-state index in [4.69, 9.17) is 14.7 Å². The number of carbonyl (C=O) groups excluding carboxylic acids is 1. The number of aromatic nitrogens is 3. The Morgan fingerprint density at radius 3 is 2.62 bits per heavy atom. The zero-order valence-corrected chi connectivity index (χ0v) is 24.3. The number of pyridine rings is 3. The second kappa shape index (κ2) is 11.4. The van der Waals surface area contributed by atoms with Gasteiger partial charge in [-0.1, -0.05) is 12.1 Å². The van der Waals surface area contributed by atoms with Gasteiger partial charge in [-0.25, -0.2) is 18.4 Å². The molecule has 4 aromatic rings. The maximum absolute atomic E-state index is 13.0. The first-order valence-corrected chi connectivity index (χ1v) is 15.7. The molecule has 218 valence electrons. The van der Waals surface area contributed by atoms with Gasteiger partial charge in [-0.2, -0.15) is 0 Å². The molecule has 1 fully saturated rings. The van der Waals surface area contributed by atoms with Gasteiger partial charge in [0.05, 0.1) is 58.1 Å². The average Bonchev–Trinajstić information content (AvgIpc) is 2.99. The predicted molar refractivity (Wildman–Crippen MR) is 159 cm³/mol. The van der Waals surface area contributed by atoms with Crippen molar-refractivity contribution in [3.63, 3.8) is 0 Å². The Balaban J connectivity index is 1.19. The fraction of sp³-hybridized carbons (Fsp3) is 0.355. The molecule has 0 unspecified atom stereocenters. The van der Waals surface area contributed by atoms with Crippen molar-refractivity contribution >= 4 is 32.5 Å². The molecule has 0 bridgehead atoms. The molecule has 0 aliphatic carbocycles. The number of benzene rings is 1. The topological polar surface area (TPSA) is 135 Å². The summed E-state index contributed by atoms with van der Waals surface area (Å²) in [4.78, 5) is 29.5. The molecule has 42 heavy (non-hydrogen) atoms. The summed E-state index contributed by atoms with van der Waals surface area (Å²) in [6, 6.07) is 16.3. The molecule has 6 rings (SSSR count). The first-order valence-electron chi connectivity index (χ1n) is 14.1. The van der Waals surface area contributed by atoms with Gasteiger partial charge in [0.2, 0.25) is 0 Å². The van der Waals surface area contributed by atoms with Crippen LogP contribution in [0.25, 0.3) is 22.3 Å². The number of nitrogens with one attached hydrogen (secondary N) is 1. The molecule has 2 N–H and O–H groups in total. The molecule has 3 aromatic heterocycles. The summed E-state index contributed by atoms with van der Waals surface area (Å²) in [6.07, 6.45) is 2.89. The predicted octanol–water partition coefficient (Wildman–Crippen LogP) is 3.32. The van der Waals surface area contributed by atoms with E-state index in [0.29, 0.717) is 24.1 Å². The van der Waals surface area contributed by atoms with Gasteiger partial charge in [0.25, 0.3) is 5.91 Å². The SMILES string of the molecule is C[C@@H]1CN(c2cccc(-c3ccc4cnc(CNC(=O)c5ccc6c(c5)S(=O)(=O)[C@@H](CO)CC6)cc4n3)n2)C[C@H](C)O1. The molecule has 5 heterocycles. The number of sulfone groups is 1. The van der Waals surface area contributed by atoms with E-state index in [-0.39, 0.29) is 29.2 Å². The maximum Gasteiger partial charge on any atom is 0.251 e. The zero-order chi connectivity index (χ0) is 29.4. The maximum atomic E-state index is 13.0. The summed E-state index contributed by atoms with van der Waals surface area (Å²) in [5.74, 6) is 0.479. The number of amides is 1.